The van der Waals surface area contributed by atoms with Gasteiger partial charge in [-0.3, -0.25) is 19.7 Å². The lowest BCUT2D eigenvalue weighted by Crippen LogP contribution is -2.21. The normalized spacial score (nSPS) is 11.2. The van der Waals surface area contributed by atoms with E-state index >= 15 is 0 Å². The van der Waals surface area contributed by atoms with Crippen LogP contribution in [0.25, 0.3) is 33.5 Å². The molecule has 6 aromatic rings. The van der Waals surface area contributed by atoms with Gasteiger partial charge in [-0.2, -0.15) is 9.78 Å². The maximum absolute atomic E-state index is 13.7. The number of nitro benzene ring substituents is 1. The minimum Gasteiger partial charge on any atom is -0.496 e. The van der Waals surface area contributed by atoms with Crippen LogP contribution in [0.5, 0.6) is 17.2 Å². The average Bonchev–Trinajstić information content (AvgIpc) is 3.53. The summed E-state index contributed by atoms with van der Waals surface area (Å²) in [7, 11) is 1.54. The molecule has 13 nitrogen and oxygen atoms in total. The Bertz CT molecular complexity index is 2260. The van der Waals surface area contributed by atoms with Crippen molar-refractivity contribution in [2.24, 2.45) is 5.10 Å². The fourth-order valence-corrected chi connectivity index (χ4v) is 5.06. The third-order valence-corrected chi connectivity index (χ3v) is 7.32. The molecule has 2 heterocycles. The van der Waals surface area contributed by atoms with Crippen LogP contribution < -0.4 is 25.1 Å². The van der Waals surface area contributed by atoms with E-state index < -0.39 is 28.7 Å². The van der Waals surface area contributed by atoms with E-state index in [0.29, 0.717) is 38.3 Å². The highest BCUT2D eigenvalue weighted by atomic mass is 35.5. The molecule has 0 spiro atoms. The summed E-state index contributed by atoms with van der Waals surface area (Å²) in [5.41, 5.74) is 0.642. The second-order valence-corrected chi connectivity index (χ2v) is 10.6. The lowest BCUT2D eigenvalue weighted by Gasteiger charge is -2.13. The Balaban J connectivity index is 1.38. The van der Waals surface area contributed by atoms with Crippen molar-refractivity contribution in [3.63, 3.8) is 0 Å². The van der Waals surface area contributed by atoms with Crippen molar-refractivity contribution < 1.29 is 28.3 Å². The van der Waals surface area contributed by atoms with E-state index in [-0.39, 0.29) is 35.3 Å². The first-order chi connectivity index (χ1) is 23.2. The zero-order chi connectivity index (χ0) is 33.8. The van der Waals surface area contributed by atoms with Gasteiger partial charge in [0.15, 0.2) is 18.1 Å². The Hall–Kier alpha value is -6.21. The summed E-state index contributed by atoms with van der Waals surface area (Å²) >= 11 is 5.89. The number of furan rings is 1. The Morgan fingerprint density at radius 3 is 2.58 bits per heavy atom. The number of benzene rings is 4. The summed E-state index contributed by atoms with van der Waals surface area (Å²) in [5.74, 6) is 0.114. The molecule has 0 saturated carbocycles. The maximum atomic E-state index is 13.7. The molecule has 0 radical (unpaired) electrons. The predicted octanol–water partition coefficient (Wildman–Crippen LogP) is 6.68. The molecule has 14 heteroatoms. The van der Waals surface area contributed by atoms with Crippen LogP contribution in [0.3, 0.4) is 0 Å². The van der Waals surface area contributed by atoms with Crippen molar-refractivity contribution in [3.8, 4) is 28.8 Å². The highest BCUT2D eigenvalue weighted by Gasteiger charge is 2.24. The van der Waals surface area contributed by atoms with Gasteiger partial charge in [0.2, 0.25) is 11.6 Å². The van der Waals surface area contributed by atoms with Crippen LogP contribution in [0.4, 0.5) is 11.4 Å². The number of aromatic nitrogens is 2. The number of halogens is 1. The molecule has 0 aliphatic rings. The third-order valence-electron chi connectivity index (χ3n) is 7.07. The van der Waals surface area contributed by atoms with Crippen molar-refractivity contribution in [2.45, 2.75) is 6.92 Å². The zero-order valence-corrected chi connectivity index (χ0v) is 26.3. The minimum atomic E-state index is -0.663. The molecule has 1 amide bonds. The van der Waals surface area contributed by atoms with Crippen molar-refractivity contribution in [1.29, 1.82) is 0 Å². The first-order valence-corrected chi connectivity index (χ1v) is 14.9. The Labute approximate surface area is 277 Å². The minimum absolute atomic E-state index is 0.000953. The second-order valence-electron chi connectivity index (χ2n) is 10.2. The number of nitrogens with zero attached hydrogens (tertiary/aromatic N) is 4. The van der Waals surface area contributed by atoms with Crippen LogP contribution in [0.1, 0.15) is 12.5 Å². The lowest BCUT2D eigenvalue weighted by atomic mass is 10.2. The fraction of sp³-hybridized carbons (Fsp3) is 0.118. The number of methoxy groups -OCH3 is 1. The number of nitro groups is 1. The highest BCUT2D eigenvalue weighted by Crippen LogP contribution is 2.38. The number of carbonyl (C=O) groups excluding carboxylic acids is 1. The van der Waals surface area contributed by atoms with E-state index in [2.05, 4.69) is 15.4 Å². The van der Waals surface area contributed by atoms with Gasteiger partial charge >= 0.3 is 5.69 Å². The van der Waals surface area contributed by atoms with Gasteiger partial charge in [0.05, 0.1) is 41.1 Å². The number of para-hydroxylation sites is 1. The molecule has 0 fully saturated rings. The van der Waals surface area contributed by atoms with Gasteiger partial charge in [0.25, 0.3) is 11.5 Å². The summed E-state index contributed by atoms with van der Waals surface area (Å²) in [4.78, 5) is 42.5. The van der Waals surface area contributed by atoms with E-state index in [9.17, 15) is 19.7 Å². The fourth-order valence-electron chi connectivity index (χ4n) is 4.93. The van der Waals surface area contributed by atoms with Gasteiger partial charge in [0.1, 0.15) is 11.3 Å². The van der Waals surface area contributed by atoms with Crippen molar-refractivity contribution in [3.05, 3.63) is 116 Å². The molecule has 0 bridgehead atoms. The van der Waals surface area contributed by atoms with Crippen molar-refractivity contribution in [2.75, 3.05) is 25.6 Å². The SMILES string of the molecule is CCOc1cc(C=Nn2c(-c3cc4c(OC)cccc4o3)nc3ccccc3c2=O)cc([N+](=O)[O-])c1OCC(=O)Nc1ccc(Cl)cc1. The molecule has 6 rings (SSSR count). The molecule has 48 heavy (non-hydrogen) atoms. The van der Waals surface area contributed by atoms with Gasteiger partial charge in [-0.25, -0.2) is 4.98 Å². The van der Waals surface area contributed by atoms with Gasteiger partial charge in [-0.05, 0) is 67.6 Å². The topological polar surface area (TPSA) is 160 Å². The summed E-state index contributed by atoms with van der Waals surface area (Å²) < 4.78 is 23.9. The lowest BCUT2D eigenvalue weighted by molar-refractivity contribution is -0.385. The predicted molar refractivity (Wildman–Crippen MR) is 181 cm³/mol. The van der Waals surface area contributed by atoms with E-state index in [1.807, 2.05) is 0 Å². The van der Waals surface area contributed by atoms with E-state index in [0.717, 1.165) is 4.68 Å². The van der Waals surface area contributed by atoms with E-state index in [4.69, 9.17) is 30.2 Å². The number of nitrogens with one attached hydrogen (secondary N) is 1. The largest absolute Gasteiger partial charge is 0.496 e. The molecule has 0 atom stereocenters. The molecule has 0 aliphatic carbocycles. The zero-order valence-electron chi connectivity index (χ0n) is 25.5. The van der Waals surface area contributed by atoms with E-state index in [1.54, 1.807) is 79.7 Å². The van der Waals surface area contributed by atoms with Crippen LogP contribution in [-0.2, 0) is 4.79 Å². The molecule has 4 aromatic carbocycles. The number of hydrogen-bond donors (Lipinski definition) is 1. The molecule has 0 aliphatic heterocycles. The summed E-state index contributed by atoms with van der Waals surface area (Å²) in [6, 6.07) is 22.9. The average molecular weight is 668 g/mol. The van der Waals surface area contributed by atoms with Gasteiger partial charge in [0, 0.05) is 22.3 Å². The van der Waals surface area contributed by atoms with Gasteiger partial charge < -0.3 is 23.9 Å². The first kappa shape index (κ1) is 31.8. The molecule has 2 aromatic heterocycles. The van der Waals surface area contributed by atoms with Crippen LogP contribution in [0.2, 0.25) is 5.02 Å². The van der Waals surface area contributed by atoms with Crippen LogP contribution in [0, 0.1) is 10.1 Å². The van der Waals surface area contributed by atoms with E-state index in [1.165, 1.54) is 25.5 Å². The second kappa shape index (κ2) is 13.6. The highest BCUT2D eigenvalue weighted by molar-refractivity contribution is 6.30. The Morgan fingerprint density at radius 2 is 1.83 bits per heavy atom. The first-order valence-electron chi connectivity index (χ1n) is 14.5. The molecule has 242 valence electrons. The standard InChI is InChI=1S/C34H26ClN5O8/c1-3-46-29-16-20(15-26(40(43)44)32(29)47-19-31(41)37-22-13-11-21(35)12-14-22)18-36-39-33(38-25-8-5-4-7-23(25)34(39)42)30-17-24-27(45-2)9-6-10-28(24)48-30/h4-18H,3,19H2,1-2H3,(H,37,41). The van der Waals surface area contributed by atoms with Crippen LogP contribution in [-0.4, -0.2) is 47.0 Å². The Kier molecular flexibility index (Phi) is 9.03. The van der Waals surface area contributed by atoms with Crippen LogP contribution >= 0.6 is 11.6 Å². The number of fused-ring (bicyclic) bond motifs is 2. The monoisotopic (exact) mass is 667 g/mol. The third kappa shape index (κ3) is 6.52. The maximum Gasteiger partial charge on any atom is 0.315 e. The number of carbonyl (C=O) groups is 1. The summed E-state index contributed by atoms with van der Waals surface area (Å²) in [5, 5.41) is 20.7. The molecule has 0 unspecified atom stereocenters. The van der Waals surface area contributed by atoms with Crippen molar-refractivity contribution >= 4 is 57.0 Å². The Morgan fingerprint density at radius 1 is 1.04 bits per heavy atom. The number of amides is 1. The number of hydrogen-bond acceptors (Lipinski definition) is 10. The van der Waals surface area contributed by atoms with Gasteiger partial charge in [-0.15, -0.1) is 0 Å². The van der Waals surface area contributed by atoms with Gasteiger partial charge in [-0.1, -0.05) is 29.8 Å². The summed E-state index contributed by atoms with van der Waals surface area (Å²) in [6.07, 6.45) is 1.26. The quantitative estimate of drug-likeness (QED) is 0.0903. The molecule has 0 saturated heterocycles. The smallest absolute Gasteiger partial charge is 0.315 e. The molecular formula is C34H26ClN5O8. The number of anilines is 1. The molecule has 1 N–H and O–H groups in total. The van der Waals surface area contributed by atoms with Crippen LogP contribution in [0.15, 0.2) is 99.2 Å². The number of rotatable bonds is 11. The summed E-state index contributed by atoms with van der Waals surface area (Å²) in [6.45, 7) is 1.29. The number of ether oxygens (including phenoxy) is 3. The molecular weight excluding hydrogens is 642 g/mol. The van der Waals surface area contributed by atoms with Crippen molar-refractivity contribution in [1.82, 2.24) is 9.66 Å².